The van der Waals surface area contributed by atoms with Crippen molar-refractivity contribution in [2.24, 2.45) is 0 Å². The first-order valence-electron chi connectivity index (χ1n) is 9.61. The van der Waals surface area contributed by atoms with Gasteiger partial charge in [0.25, 0.3) is 0 Å². The maximum Gasteiger partial charge on any atom is 0.221 e. The number of nitrogens with zero attached hydrogens (tertiary/aromatic N) is 1. The van der Waals surface area contributed by atoms with Crippen LogP contribution < -0.4 is 15.5 Å². The molecule has 0 atom stereocenters. The molecule has 4 heteroatoms. The molecular weight excluding hydrogens is 298 g/mol. The molecule has 1 aromatic rings. The van der Waals surface area contributed by atoms with Gasteiger partial charge >= 0.3 is 0 Å². The van der Waals surface area contributed by atoms with Crippen molar-refractivity contribution in [2.75, 3.05) is 29.9 Å². The summed E-state index contributed by atoms with van der Waals surface area (Å²) in [6.45, 7) is 7.06. The van der Waals surface area contributed by atoms with Crippen molar-refractivity contribution >= 4 is 17.3 Å². The van der Waals surface area contributed by atoms with Gasteiger partial charge in [-0.15, -0.1) is 0 Å². The fourth-order valence-electron chi connectivity index (χ4n) is 3.42. The van der Waals surface area contributed by atoms with E-state index in [0.29, 0.717) is 19.0 Å². The van der Waals surface area contributed by atoms with Gasteiger partial charge in [0.15, 0.2) is 0 Å². The van der Waals surface area contributed by atoms with Crippen molar-refractivity contribution in [1.29, 1.82) is 0 Å². The minimum Gasteiger partial charge on any atom is -0.385 e. The summed E-state index contributed by atoms with van der Waals surface area (Å²) in [6.07, 6.45) is 7.96. The van der Waals surface area contributed by atoms with Crippen LogP contribution in [0, 0.1) is 0 Å². The Bertz CT molecular complexity index is 474. The predicted molar refractivity (Wildman–Crippen MR) is 103 cm³/mol. The van der Waals surface area contributed by atoms with Crippen molar-refractivity contribution in [2.45, 2.75) is 64.8 Å². The fraction of sp³-hybridized carbons (Fsp3) is 0.650. The van der Waals surface area contributed by atoms with Crippen LogP contribution in [0.15, 0.2) is 24.3 Å². The number of nitrogens with one attached hydrogen (secondary N) is 2. The molecule has 1 saturated carbocycles. The number of carbonyl (C=O) groups excluding carboxylic acids is 1. The summed E-state index contributed by atoms with van der Waals surface area (Å²) >= 11 is 0. The van der Waals surface area contributed by atoms with Gasteiger partial charge in [0.2, 0.25) is 5.91 Å². The first kappa shape index (κ1) is 18.6. The number of anilines is 2. The minimum absolute atomic E-state index is 0.175. The van der Waals surface area contributed by atoms with E-state index in [4.69, 9.17) is 0 Å². The third-order valence-corrected chi connectivity index (χ3v) is 4.90. The third kappa shape index (κ3) is 6.06. The molecule has 1 amide bonds. The highest BCUT2D eigenvalue weighted by molar-refractivity contribution is 5.76. The second-order valence-corrected chi connectivity index (χ2v) is 6.65. The number of benzene rings is 1. The molecule has 1 aliphatic carbocycles. The molecule has 0 bridgehead atoms. The van der Waals surface area contributed by atoms with Crippen LogP contribution in [0.2, 0.25) is 0 Å². The summed E-state index contributed by atoms with van der Waals surface area (Å²) in [4.78, 5) is 14.4. The highest BCUT2D eigenvalue weighted by atomic mass is 16.1. The molecule has 0 saturated heterocycles. The first-order chi connectivity index (χ1) is 11.7. The quantitative estimate of drug-likeness (QED) is 0.703. The Morgan fingerprint density at radius 1 is 1.04 bits per heavy atom. The van der Waals surface area contributed by atoms with Crippen LogP contribution in [0.1, 0.15) is 58.8 Å². The summed E-state index contributed by atoms with van der Waals surface area (Å²) < 4.78 is 0. The summed E-state index contributed by atoms with van der Waals surface area (Å²) in [5.41, 5.74) is 2.32. The topological polar surface area (TPSA) is 44.4 Å². The lowest BCUT2D eigenvalue weighted by atomic mass is 10.1. The summed E-state index contributed by atoms with van der Waals surface area (Å²) in [7, 11) is 0. The van der Waals surface area contributed by atoms with E-state index in [1.807, 2.05) is 0 Å². The van der Waals surface area contributed by atoms with E-state index in [0.717, 1.165) is 31.6 Å². The third-order valence-electron chi connectivity index (χ3n) is 4.90. The Morgan fingerprint density at radius 3 is 2.25 bits per heavy atom. The normalized spacial score (nSPS) is 15.6. The molecule has 1 fully saturated rings. The predicted octanol–water partition coefficient (Wildman–Crippen LogP) is 4.17. The molecule has 0 spiro atoms. The standard InChI is InChI=1S/C20H33N3O/c1-3-23(4-2)19-13-11-17(12-14-19)21-16-15-20(24)22-18-9-7-5-6-8-10-18/h11-14,18,21H,3-10,15-16H2,1-2H3,(H,22,24). The van der Waals surface area contributed by atoms with Crippen LogP contribution in [0.25, 0.3) is 0 Å². The molecular formula is C20H33N3O. The number of carbonyl (C=O) groups is 1. The van der Waals surface area contributed by atoms with Crippen molar-refractivity contribution in [1.82, 2.24) is 5.32 Å². The molecule has 134 valence electrons. The highest BCUT2D eigenvalue weighted by Gasteiger charge is 2.14. The molecule has 4 nitrogen and oxygen atoms in total. The molecule has 0 unspecified atom stereocenters. The van der Waals surface area contributed by atoms with Gasteiger partial charge in [-0.05, 0) is 51.0 Å². The second kappa shape index (κ2) is 10.2. The largest absolute Gasteiger partial charge is 0.385 e. The van der Waals surface area contributed by atoms with E-state index in [1.54, 1.807) is 0 Å². The Hall–Kier alpha value is -1.71. The number of hydrogen-bond acceptors (Lipinski definition) is 3. The van der Waals surface area contributed by atoms with Crippen LogP contribution in [-0.2, 0) is 4.79 Å². The highest BCUT2D eigenvalue weighted by Crippen LogP contribution is 2.18. The molecule has 0 radical (unpaired) electrons. The van der Waals surface area contributed by atoms with Gasteiger partial charge in [0.1, 0.15) is 0 Å². The van der Waals surface area contributed by atoms with Crippen LogP contribution in [0.5, 0.6) is 0 Å². The van der Waals surface area contributed by atoms with E-state index in [1.165, 1.54) is 31.4 Å². The zero-order chi connectivity index (χ0) is 17.2. The molecule has 1 aliphatic rings. The van der Waals surface area contributed by atoms with E-state index in [-0.39, 0.29) is 5.91 Å². The lowest BCUT2D eigenvalue weighted by Crippen LogP contribution is -2.35. The number of hydrogen-bond donors (Lipinski definition) is 2. The molecule has 0 aromatic heterocycles. The van der Waals surface area contributed by atoms with E-state index in [9.17, 15) is 4.79 Å². The van der Waals surface area contributed by atoms with Crippen molar-refractivity contribution in [3.63, 3.8) is 0 Å². The number of rotatable bonds is 8. The minimum atomic E-state index is 0.175. The Kier molecular flexibility index (Phi) is 7.93. The summed E-state index contributed by atoms with van der Waals surface area (Å²) in [5.74, 6) is 0.175. The zero-order valence-corrected chi connectivity index (χ0v) is 15.3. The summed E-state index contributed by atoms with van der Waals surface area (Å²) in [5, 5.41) is 6.55. The van der Waals surface area contributed by atoms with Gasteiger partial charge < -0.3 is 15.5 Å². The van der Waals surface area contributed by atoms with Gasteiger partial charge in [-0.3, -0.25) is 4.79 Å². The lowest BCUT2D eigenvalue weighted by molar-refractivity contribution is -0.121. The maximum atomic E-state index is 12.1. The van der Waals surface area contributed by atoms with Crippen molar-refractivity contribution in [3.05, 3.63) is 24.3 Å². The Morgan fingerprint density at radius 2 is 1.67 bits per heavy atom. The van der Waals surface area contributed by atoms with Crippen LogP contribution >= 0.6 is 0 Å². The van der Waals surface area contributed by atoms with E-state index < -0.39 is 0 Å². The smallest absolute Gasteiger partial charge is 0.221 e. The van der Waals surface area contributed by atoms with Gasteiger partial charge in [-0.1, -0.05) is 25.7 Å². The molecule has 0 heterocycles. The Labute approximate surface area is 147 Å². The van der Waals surface area contributed by atoms with Gasteiger partial charge in [0.05, 0.1) is 0 Å². The van der Waals surface area contributed by atoms with Gasteiger partial charge in [-0.2, -0.15) is 0 Å². The average molecular weight is 332 g/mol. The van der Waals surface area contributed by atoms with Crippen LogP contribution in [0.4, 0.5) is 11.4 Å². The Balaban J connectivity index is 1.70. The maximum absolute atomic E-state index is 12.1. The van der Waals surface area contributed by atoms with Crippen molar-refractivity contribution < 1.29 is 4.79 Å². The number of amides is 1. The summed E-state index contributed by atoms with van der Waals surface area (Å²) in [6, 6.07) is 8.86. The molecule has 0 aliphatic heterocycles. The molecule has 1 aromatic carbocycles. The van der Waals surface area contributed by atoms with Crippen molar-refractivity contribution in [3.8, 4) is 0 Å². The monoisotopic (exact) mass is 331 g/mol. The van der Waals surface area contributed by atoms with Crippen LogP contribution in [0.3, 0.4) is 0 Å². The molecule has 24 heavy (non-hydrogen) atoms. The van der Waals surface area contributed by atoms with Crippen LogP contribution in [-0.4, -0.2) is 31.6 Å². The fourth-order valence-corrected chi connectivity index (χ4v) is 3.42. The van der Waals surface area contributed by atoms with Gasteiger partial charge in [-0.25, -0.2) is 0 Å². The first-order valence-corrected chi connectivity index (χ1v) is 9.61. The molecule has 2 N–H and O–H groups in total. The van der Waals surface area contributed by atoms with Gasteiger partial charge in [0, 0.05) is 43.5 Å². The van der Waals surface area contributed by atoms with E-state index >= 15 is 0 Å². The molecule has 2 rings (SSSR count). The second-order valence-electron chi connectivity index (χ2n) is 6.65. The zero-order valence-electron chi connectivity index (χ0n) is 15.3. The SMILES string of the molecule is CCN(CC)c1ccc(NCCC(=O)NC2CCCCCC2)cc1. The lowest BCUT2D eigenvalue weighted by Gasteiger charge is -2.21. The van der Waals surface area contributed by atoms with E-state index in [2.05, 4.69) is 53.6 Å². The average Bonchev–Trinajstić information content (AvgIpc) is 2.86.